The number of aliphatic carboxylic acids is 1. The number of halogens is 2. The minimum Gasteiger partial charge on any atom is -0.508 e. The van der Waals surface area contributed by atoms with E-state index in [-0.39, 0.29) is 56.0 Å². The van der Waals surface area contributed by atoms with Crippen molar-refractivity contribution in [2.24, 2.45) is 17.4 Å². The molecule has 24 N–H and O–H groups in total. The summed E-state index contributed by atoms with van der Waals surface area (Å²) in [4.78, 5) is 124. The molecular formula is C86H103Cl2N11O28S. The predicted molar refractivity (Wildman–Crippen MR) is 457 cm³/mol. The van der Waals surface area contributed by atoms with Crippen LogP contribution in [0.5, 0.6) is 46.0 Å². The molecule has 0 aliphatic carbocycles. The number of aliphatic hydroxyl groups is 8. The van der Waals surface area contributed by atoms with E-state index in [1.54, 1.807) is 0 Å². The third-order valence-electron chi connectivity index (χ3n) is 22.7. The van der Waals surface area contributed by atoms with Gasteiger partial charge in [0, 0.05) is 77.3 Å². The number of nitrogens with one attached hydrogen (secondary N) is 8. The zero-order valence-corrected chi connectivity index (χ0v) is 71.5. The normalized spacial score (nSPS) is 29.2. The van der Waals surface area contributed by atoms with Crippen molar-refractivity contribution in [2.75, 3.05) is 39.2 Å². The van der Waals surface area contributed by atoms with Crippen LogP contribution in [-0.2, 0) is 68.6 Å². The third-order valence-corrected chi connectivity index (χ3v) is 24.4. The first kappa shape index (κ1) is 96.4. The first-order chi connectivity index (χ1) is 60.2. The number of benzene rings is 6. The highest BCUT2D eigenvalue weighted by Crippen LogP contribution is 2.51. The minimum absolute atomic E-state index is 0. The molecule has 2 unspecified atom stereocenters. The number of carboxylic acid groups (broad SMARTS) is 1. The molecule has 0 saturated carbocycles. The second-order valence-corrected chi connectivity index (χ2v) is 34.7. The Bertz CT molecular complexity index is 5290. The van der Waals surface area contributed by atoms with E-state index in [4.69, 9.17) is 72.6 Å². The first-order valence-electron chi connectivity index (χ1n) is 40.4. The van der Waals surface area contributed by atoms with E-state index in [0.29, 0.717) is 0 Å². The molecule has 7 aromatic rings. The number of phenols is 3. The Hall–Kier alpha value is -10.7. The number of nitrogens with two attached hydrogens (primary N) is 2. The standard InChI is InChI=1S/C85H99Cl2N11O28S.CH4/c1-33(2)20-47(90-5)76(111)96-64-66(104)37-11-17-51(45(86)22-37)120-53-24-39-25-54(73(53)125-84-71(109)69(107)74(56(32-99)123-84)126-83-70(108)68(106)67(105)55(122-83)31-91-30-42-15-19-57(127-42)35-8-13-40(14-9-35)98(6)7)121-52-18-12-38(23-46(52)87)72(124-59-29-85(4,89)75(110)34(3)119-59)65-81(116)95-63(82(117)118)44-26-41(100)27-50(102)60(44)43-21-36(10-16-49(43)101)61(78(113)97-65)94-79(114)62(39)93-77(112)48(28-58(88)103)92-80(64)115;/h8-19,21-27,33-34,47-48,55-56,59,61-72,74-75,83-84,90-91,99-102,104-110H,20,28-32,89H2,1-7H3,(H2,88,103)(H,92,115)(H,93,112)(H,94,114)(H,95,116)(H,96,111)(H,97,113)(H,117,118);1H4/t34-,47+,48+,55+,56+,59?,61-,62+,63-,64?,65-,66+,67-,68-,69+,70+,71+,72+,74+,75-,83-,84-,85-;/m0./s1. The van der Waals surface area contributed by atoms with Crippen LogP contribution in [-0.4, -0.2) is 253 Å². The number of hydrogen-bond acceptors (Lipinski definition) is 32. The summed E-state index contributed by atoms with van der Waals surface area (Å²) >= 11 is 16.0. The number of hydrogen-bond donors (Lipinski definition) is 22. The SMILES string of the molecule is C.CN[C@H](CC(C)C)C(=O)NC1C(=O)N[C@H](CC(N)=O)C(=O)N[C@H]2C(=O)N[C@@H]3C(=O)N[C@H](C(=O)N[C@H](C(=O)O)c4cc(O)cc(O)c4-c4cc3ccc4O)[C@H](OC3C[C@](C)(N)[C@@H](O)[C@H](C)O3)c3ccc(c(Cl)c3)Oc3cc2cc(c3O[C@@H]2O[C@H](CO)[C@@H](O[C@@H]3O[C@H](CNCc4ccc(-c5ccc(N(C)C)cc5)s4)[C@H](O)[C@H](O)[C@H]3O)[C@H](O)[C@H]2O)Oc2ccc(cc2Cl)[C@H]1O. The molecule has 690 valence electrons. The van der Waals surface area contributed by atoms with E-state index < -0.39 is 279 Å². The number of thiophene rings is 1. The smallest absolute Gasteiger partial charge is 0.330 e. The summed E-state index contributed by atoms with van der Waals surface area (Å²) in [5, 5.41) is 160. The highest BCUT2D eigenvalue weighted by Gasteiger charge is 2.53. The first-order valence-corrected chi connectivity index (χ1v) is 42.0. The summed E-state index contributed by atoms with van der Waals surface area (Å²) in [6.45, 7) is 5.53. The van der Waals surface area contributed by atoms with E-state index in [0.717, 1.165) is 87.7 Å². The van der Waals surface area contributed by atoms with E-state index >= 15 is 24.0 Å². The number of anilines is 1. The molecule has 23 atom stereocenters. The number of carbonyl (C=O) groups is 8. The van der Waals surface area contributed by atoms with Gasteiger partial charge in [0.25, 0.3) is 0 Å². The molecule has 11 bridgehead atoms. The number of amides is 7. The highest BCUT2D eigenvalue weighted by atomic mass is 35.5. The molecule has 15 rings (SSSR count). The Balaban J connectivity index is 0.0000149. The van der Waals surface area contributed by atoms with Crippen LogP contribution in [0.1, 0.15) is 117 Å². The molecule has 1 aromatic heterocycles. The number of aromatic hydroxyl groups is 3. The number of aliphatic hydroxyl groups excluding tert-OH is 8. The van der Waals surface area contributed by atoms with Crippen molar-refractivity contribution in [1.82, 2.24) is 42.5 Å². The van der Waals surface area contributed by atoms with Gasteiger partial charge < -0.3 is 158 Å². The van der Waals surface area contributed by atoms with Gasteiger partial charge in [-0.15, -0.1) is 11.3 Å². The zero-order valence-electron chi connectivity index (χ0n) is 69.2. The van der Waals surface area contributed by atoms with Crippen LogP contribution in [0.2, 0.25) is 10.0 Å². The number of rotatable bonds is 21. The lowest BCUT2D eigenvalue weighted by Crippen LogP contribution is -2.65. The molecule has 128 heavy (non-hydrogen) atoms. The van der Waals surface area contributed by atoms with E-state index in [9.17, 15) is 75.7 Å². The lowest BCUT2D eigenvalue weighted by Gasteiger charge is -2.46. The Morgan fingerprint density at radius 3 is 1.92 bits per heavy atom. The fourth-order valence-corrected chi connectivity index (χ4v) is 17.3. The van der Waals surface area contributed by atoms with Crippen LogP contribution in [0, 0.1) is 5.92 Å². The molecule has 7 amide bonds. The van der Waals surface area contributed by atoms with Crippen LogP contribution >= 0.6 is 34.5 Å². The average molecular weight is 1840 g/mol. The lowest BCUT2D eigenvalue weighted by molar-refractivity contribution is -0.350. The van der Waals surface area contributed by atoms with Crippen LogP contribution in [0.3, 0.4) is 0 Å². The molecule has 42 heteroatoms. The topological polar surface area (TPSA) is 605 Å². The molecule has 8 aliphatic heterocycles. The lowest BCUT2D eigenvalue weighted by atomic mass is 9.86. The Morgan fingerprint density at radius 1 is 0.672 bits per heavy atom. The number of nitrogens with zero attached hydrogens (tertiary/aromatic N) is 1. The van der Waals surface area contributed by atoms with Gasteiger partial charge in [-0.2, -0.15) is 0 Å². The molecule has 39 nitrogen and oxygen atoms in total. The number of fused-ring (bicyclic) bond motifs is 15. The molecule has 3 saturated heterocycles. The van der Waals surface area contributed by atoms with Gasteiger partial charge >= 0.3 is 5.97 Å². The van der Waals surface area contributed by atoms with Gasteiger partial charge in [0.15, 0.2) is 30.1 Å². The zero-order chi connectivity index (χ0) is 91.8. The quantitative estimate of drug-likeness (QED) is 0.0490. The molecule has 0 spiro atoms. The Kier molecular flexibility index (Phi) is 30.2. The minimum atomic E-state index is -2.42. The molecule has 3 fully saturated rings. The summed E-state index contributed by atoms with van der Waals surface area (Å²) < 4.78 is 51.4. The second-order valence-electron chi connectivity index (χ2n) is 32.7. The number of carbonyl (C=O) groups excluding carboxylic acids is 7. The summed E-state index contributed by atoms with van der Waals surface area (Å²) in [6.07, 6.45) is -29.0. The fraction of sp³-hybridized carbons (Fsp3) is 0.442. The molecule has 9 heterocycles. The van der Waals surface area contributed by atoms with Crippen molar-refractivity contribution >= 4 is 87.5 Å². The molecule has 6 aromatic carbocycles. The summed E-state index contributed by atoms with van der Waals surface area (Å²) in [6, 6.07) is 10.9. The molecular weight excluding hydrogens is 1740 g/mol. The predicted octanol–water partition coefficient (Wildman–Crippen LogP) is 2.16. The van der Waals surface area contributed by atoms with Crippen molar-refractivity contribution in [3.8, 4) is 67.6 Å². The maximum absolute atomic E-state index is 16.5. The van der Waals surface area contributed by atoms with Crippen LogP contribution in [0.25, 0.3) is 21.6 Å². The molecule has 8 aliphatic rings. The largest absolute Gasteiger partial charge is 0.508 e. The van der Waals surface area contributed by atoms with Gasteiger partial charge in [-0.05, 0) is 140 Å². The summed E-state index contributed by atoms with van der Waals surface area (Å²) in [5.74, 6) is -16.6. The Labute approximate surface area is 746 Å². The number of carboxylic acids is 1. The number of ether oxygens (including phenoxy) is 8. The summed E-state index contributed by atoms with van der Waals surface area (Å²) in [7, 11) is 5.32. The van der Waals surface area contributed by atoms with E-state index in [2.05, 4.69) is 42.5 Å². The van der Waals surface area contributed by atoms with Gasteiger partial charge in [-0.3, -0.25) is 33.6 Å². The van der Waals surface area contributed by atoms with Gasteiger partial charge in [0.05, 0.1) is 41.3 Å². The van der Waals surface area contributed by atoms with Gasteiger partial charge in [-0.1, -0.05) is 74.8 Å². The maximum atomic E-state index is 16.5. The summed E-state index contributed by atoms with van der Waals surface area (Å²) in [5.41, 5.74) is 10.0. The van der Waals surface area contributed by atoms with Crippen molar-refractivity contribution in [1.29, 1.82) is 0 Å². The van der Waals surface area contributed by atoms with Crippen LogP contribution in [0.4, 0.5) is 5.69 Å². The van der Waals surface area contributed by atoms with E-state index in [1.165, 1.54) is 44.4 Å². The van der Waals surface area contributed by atoms with Crippen molar-refractivity contribution < 1.29 is 138 Å². The van der Waals surface area contributed by atoms with Gasteiger partial charge in [0.2, 0.25) is 53.4 Å². The van der Waals surface area contributed by atoms with Crippen molar-refractivity contribution in [2.45, 2.75) is 201 Å². The molecule has 0 radical (unpaired) electrons. The van der Waals surface area contributed by atoms with Gasteiger partial charge in [-0.25, -0.2) is 4.79 Å². The average Bonchev–Trinajstić information content (AvgIpc) is 0.943. The van der Waals surface area contributed by atoms with E-state index in [1.807, 2.05) is 69.2 Å². The maximum Gasteiger partial charge on any atom is 0.330 e. The van der Waals surface area contributed by atoms with Gasteiger partial charge in [0.1, 0.15) is 120 Å². The van der Waals surface area contributed by atoms with Crippen LogP contribution in [0.15, 0.2) is 115 Å². The third kappa shape index (κ3) is 20.9. The van der Waals surface area contributed by atoms with Crippen molar-refractivity contribution in [3.05, 3.63) is 158 Å². The Morgan fingerprint density at radius 2 is 1.30 bits per heavy atom. The fourth-order valence-electron chi connectivity index (χ4n) is 15.9. The number of likely N-dealkylation sites (N-methyl/N-ethyl adjacent to an activating group) is 1. The monoisotopic (exact) mass is 1840 g/mol. The van der Waals surface area contributed by atoms with Crippen LogP contribution < -0.4 is 73.1 Å². The highest BCUT2D eigenvalue weighted by molar-refractivity contribution is 7.15. The number of phenolic OH excluding ortho intramolecular Hbond substituents is 3. The number of primary amides is 1. The second kappa shape index (κ2) is 40.1. The van der Waals surface area contributed by atoms with Crippen molar-refractivity contribution in [3.63, 3.8) is 0 Å².